The number of hydrogen-bond acceptors (Lipinski definition) is 6. The highest BCUT2D eigenvalue weighted by Gasteiger charge is 2.15. The van der Waals surface area contributed by atoms with Crippen molar-refractivity contribution in [1.29, 1.82) is 0 Å². The van der Waals surface area contributed by atoms with E-state index in [2.05, 4.69) is 20.4 Å². The largest absolute Gasteiger partial charge is 0.358 e. The molecule has 5 N–H and O–H groups in total. The lowest BCUT2D eigenvalue weighted by Crippen LogP contribution is -2.35. The minimum Gasteiger partial charge on any atom is -0.358 e. The number of rotatable bonds is 5. The van der Waals surface area contributed by atoms with Crippen molar-refractivity contribution in [2.75, 3.05) is 19.0 Å². The zero-order valence-electron chi connectivity index (χ0n) is 9.10. The molecule has 0 aliphatic rings. The summed E-state index contributed by atoms with van der Waals surface area (Å²) in [5.74, 6) is 4.90. The van der Waals surface area contributed by atoms with E-state index in [0.717, 1.165) is 0 Å². The van der Waals surface area contributed by atoms with E-state index in [1.807, 2.05) is 0 Å². The summed E-state index contributed by atoms with van der Waals surface area (Å²) < 4.78 is 25.6. The summed E-state index contributed by atoms with van der Waals surface area (Å²) in [6.45, 7) is -0.327. The summed E-state index contributed by atoms with van der Waals surface area (Å²) in [6, 6.07) is 2.55. The van der Waals surface area contributed by atoms with Gasteiger partial charge in [-0.3, -0.25) is 4.79 Å². The first-order valence-electron chi connectivity index (χ1n) is 4.62. The first kappa shape index (κ1) is 13.4. The van der Waals surface area contributed by atoms with E-state index in [9.17, 15) is 13.2 Å². The van der Waals surface area contributed by atoms with Crippen molar-refractivity contribution in [3.8, 4) is 0 Å². The number of nitrogens with zero attached hydrogens (tertiary/aromatic N) is 1. The molecule has 0 atom stereocenters. The summed E-state index contributed by atoms with van der Waals surface area (Å²) in [6.07, 6.45) is 1.30. The molecule has 0 saturated carbocycles. The molecular weight excluding hydrogens is 246 g/mol. The Balaban J connectivity index is 2.85. The fourth-order valence-electron chi connectivity index (χ4n) is 0.990. The zero-order valence-corrected chi connectivity index (χ0v) is 9.91. The highest BCUT2D eigenvalue weighted by Crippen LogP contribution is 2.11. The molecular formula is C8H13N5O3S. The molecule has 0 saturated heterocycles. The number of hydrazine groups is 1. The van der Waals surface area contributed by atoms with Crippen molar-refractivity contribution in [3.05, 3.63) is 18.3 Å². The van der Waals surface area contributed by atoms with Gasteiger partial charge in [0, 0.05) is 19.3 Å². The minimum absolute atomic E-state index is 0.0237. The second kappa shape index (κ2) is 5.57. The van der Waals surface area contributed by atoms with Crippen LogP contribution >= 0.6 is 0 Å². The number of carbonyl (C=O) groups is 1. The monoisotopic (exact) mass is 259 g/mol. The lowest BCUT2D eigenvalue weighted by atomic mass is 10.5. The molecule has 0 radical (unpaired) electrons. The van der Waals surface area contributed by atoms with Crippen LogP contribution in [-0.4, -0.2) is 32.9 Å². The van der Waals surface area contributed by atoms with Gasteiger partial charge >= 0.3 is 0 Å². The molecule has 1 aromatic heterocycles. The molecule has 0 aliphatic heterocycles. The van der Waals surface area contributed by atoms with E-state index in [0.29, 0.717) is 0 Å². The van der Waals surface area contributed by atoms with E-state index < -0.39 is 15.9 Å². The smallest absolute Gasteiger partial charge is 0.241 e. The van der Waals surface area contributed by atoms with Gasteiger partial charge < -0.3 is 10.7 Å². The number of amides is 1. The maximum atomic E-state index is 11.7. The first-order chi connectivity index (χ1) is 7.99. The Bertz CT molecular complexity index is 502. The van der Waals surface area contributed by atoms with Crippen LogP contribution in [-0.2, 0) is 14.8 Å². The number of likely N-dealkylation sites (N-methyl/N-ethyl adjacent to an activating group) is 1. The van der Waals surface area contributed by atoms with Gasteiger partial charge in [0.25, 0.3) is 0 Å². The first-order valence-corrected chi connectivity index (χ1v) is 6.11. The number of nitrogens with two attached hydrogens (primary N) is 1. The molecule has 1 heterocycles. The lowest BCUT2D eigenvalue weighted by Gasteiger charge is -2.06. The molecule has 0 unspecified atom stereocenters. The number of nitrogens with one attached hydrogen (secondary N) is 3. The Morgan fingerprint density at radius 2 is 2.24 bits per heavy atom. The Labute approximate surface area is 98.6 Å². The highest BCUT2D eigenvalue weighted by molar-refractivity contribution is 7.89. The number of carbonyl (C=O) groups excluding carboxylic acids is 1. The van der Waals surface area contributed by atoms with Gasteiger partial charge in [-0.05, 0) is 6.07 Å². The third-order valence-corrected chi connectivity index (χ3v) is 3.29. The molecule has 0 spiro atoms. The van der Waals surface area contributed by atoms with Gasteiger partial charge in [-0.25, -0.2) is 24.0 Å². The molecule has 8 nitrogen and oxygen atoms in total. The van der Waals surface area contributed by atoms with E-state index in [1.54, 1.807) is 0 Å². The summed E-state index contributed by atoms with van der Waals surface area (Å²) in [5.41, 5.74) is 2.23. The van der Waals surface area contributed by atoms with E-state index in [1.165, 1.54) is 25.4 Å². The standard InChI is InChI=1S/C8H13N5O3S/c1-10-8(14)5-12-17(15,16)6-2-3-11-7(4-6)13-9/h2-4,12H,5,9H2,1H3,(H,10,14)(H,11,13). The van der Waals surface area contributed by atoms with Crippen molar-refractivity contribution >= 4 is 21.7 Å². The highest BCUT2D eigenvalue weighted by atomic mass is 32.2. The Kier molecular flexibility index (Phi) is 4.37. The molecule has 1 aromatic rings. The number of nitrogen functional groups attached to an aromatic ring is 1. The van der Waals surface area contributed by atoms with Crippen LogP contribution in [0, 0.1) is 0 Å². The normalized spacial score (nSPS) is 10.9. The third-order valence-electron chi connectivity index (χ3n) is 1.89. The summed E-state index contributed by atoms with van der Waals surface area (Å²) in [4.78, 5) is 14.7. The Morgan fingerprint density at radius 3 is 2.82 bits per heavy atom. The van der Waals surface area contributed by atoms with Crippen LogP contribution in [0.15, 0.2) is 23.2 Å². The van der Waals surface area contributed by atoms with E-state index >= 15 is 0 Å². The maximum Gasteiger partial charge on any atom is 0.241 e. The van der Waals surface area contributed by atoms with Crippen LogP contribution in [0.25, 0.3) is 0 Å². The maximum absolute atomic E-state index is 11.7. The lowest BCUT2D eigenvalue weighted by molar-refractivity contribution is -0.119. The summed E-state index contributed by atoms with van der Waals surface area (Å²) >= 11 is 0. The van der Waals surface area contributed by atoms with Crippen molar-refractivity contribution in [2.24, 2.45) is 5.84 Å². The van der Waals surface area contributed by atoms with Crippen LogP contribution in [0.3, 0.4) is 0 Å². The predicted molar refractivity (Wildman–Crippen MR) is 61.3 cm³/mol. The fraction of sp³-hybridized carbons (Fsp3) is 0.250. The van der Waals surface area contributed by atoms with Gasteiger partial charge in [0.1, 0.15) is 5.82 Å². The van der Waals surface area contributed by atoms with Gasteiger partial charge in [0.15, 0.2) is 0 Å². The number of pyridine rings is 1. The number of sulfonamides is 1. The van der Waals surface area contributed by atoms with Crippen LogP contribution in [0.2, 0.25) is 0 Å². The molecule has 1 rings (SSSR count). The molecule has 0 fully saturated rings. The second-order valence-corrected chi connectivity index (χ2v) is 4.79. The minimum atomic E-state index is -3.74. The predicted octanol–water partition coefficient (Wildman–Crippen LogP) is -1.61. The van der Waals surface area contributed by atoms with E-state index in [4.69, 9.17) is 5.84 Å². The second-order valence-electron chi connectivity index (χ2n) is 3.02. The van der Waals surface area contributed by atoms with Gasteiger partial charge in [0.2, 0.25) is 15.9 Å². The van der Waals surface area contributed by atoms with Crippen molar-refractivity contribution in [3.63, 3.8) is 0 Å². The summed E-state index contributed by atoms with van der Waals surface area (Å²) in [7, 11) is -2.33. The average Bonchev–Trinajstić information content (AvgIpc) is 2.36. The molecule has 9 heteroatoms. The van der Waals surface area contributed by atoms with Crippen molar-refractivity contribution in [2.45, 2.75) is 4.90 Å². The van der Waals surface area contributed by atoms with Crippen LogP contribution in [0.4, 0.5) is 5.82 Å². The van der Waals surface area contributed by atoms with Gasteiger partial charge in [-0.1, -0.05) is 0 Å². The number of aromatic nitrogens is 1. The molecule has 17 heavy (non-hydrogen) atoms. The molecule has 0 aromatic carbocycles. The number of anilines is 1. The summed E-state index contributed by atoms with van der Waals surface area (Å²) in [5, 5.41) is 2.30. The van der Waals surface area contributed by atoms with Crippen LogP contribution in [0.1, 0.15) is 0 Å². The SMILES string of the molecule is CNC(=O)CNS(=O)(=O)c1ccnc(NN)c1. The zero-order chi connectivity index (χ0) is 12.9. The average molecular weight is 259 g/mol. The Morgan fingerprint density at radius 1 is 1.53 bits per heavy atom. The topological polar surface area (TPSA) is 126 Å². The van der Waals surface area contributed by atoms with Crippen LogP contribution < -0.4 is 21.3 Å². The van der Waals surface area contributed by atoms with Gasteiger partial charge in [-0.2, -0.15) is 0 Å². The van der Waals surface area contributed by atoms with Gasteiger partial charge in [-0.15, -0.1) is 0 Å². The number of hydrogen-bond donors (Lipinski definition) is 4. The van der Waals surface area contributed by atoms with Gasteiger partial charge in [0.05, 0.1) is 11.4 Å². The molecule has 0 bridgehead atoms. The Hall–Kier alpha value is -1.71. The van der Waals surface area contributed by atoms with Crippen molar-refractivity contribution in [1.82, 2.24) is 15.0 Å². The van der Waals surface area contributed by atoms with Crippen LogP contribution in [0.5, 0.6) is 0 Å². The third kappa shape index (κ3) is 3.66. The molecule has 1 amide bonds. The van der Waals surface area contributed by atoms with E-state index in [-0.39, 0.29) is 17.3 Å². The quantitative estimate of drug-likeness (QED) is 0.372. The fourth-order valence-corrected chi connectivity index (χ4v) is 1.98. The van der Waals surface area contributed by atoms with Crippen molar-refractivity contribution < 1.29 is 13.2 Å². The molecule has 0 aliphatic carbocycles. The molecule has 94 valence electrons.